The van der Waals surface area contributed by atoms with Crippen LogP contribution in [0.3, 0.4) is 0 Å². The van der Waals surface area contributed by atoms with Crippen LogP contribution in [-0.4, -0.2) is 118 Å². The van der Waals surface area contributed by atoms with Crippen molar-refractivity contribution in [3.63, 3.8) is 0 Å². The van der Waals surface area contributed by atoms with Crippen LogP contribution in [0.4, 0.5) is 0 Å². The Morgan fingerprint density at radius 2 is 1.35 bits per heavy atom. The first kappa shape index (κ1) is 34.4. The van der Waals surface area contributed by atoms with Gasteiger partial charge in [0.25, 0.3) is 0 Å². The molecule has 247 valence electrons. The molecule has 0 amide bonds. The van der Waals surface area contributed by atoms with Gasteiger partial charge in [-0.15, -0.1) is 0 Å². The van der Waals surface area contributed by atoms with Crippen molar-refractivity contribution in [1.82, 2.24) is 9.80 Å². The topological polar surface area (TPSA) is 143 Å². The van der Waals surface area contributed by atoms with Crippen molar-refractivity contribution in [1.29, 1.82) is 0 Å². The molecule has 2 aromatic carbocycles. The maximum absolute atomic E-state index is 12.5. The Morgan fingerprint density at radius 1 is 0.833 bits per heavy atom. The van der Waals surface area contributed by atoms with Gasteiger partial charge in [-0.2, -0.15) is 0 Å². The van der Waals surface area contributed by atoms with Gasteiger partial charge in [0.1, 0.15) is 34.9 Å². The quantitative estimate of drug-likeness (QED) is 0.168. The van der Waals surface area contributed by atoms with Gasteiger partial charge in [-0.3, -0.25) is 14.6 Å². The summed E-state index contributed by atoms with van der Waals surface area (Å²) in [6.45, 7) is 1.44. The fourth-order valence-electron chi connectivity index (χ4n) is 10.8. The second-order valence-electron chi connectivity index (χ2n) is 14.6. The molecule has 0 saturated carbocycles. The summed E-state index contributed by atoms with van der Waals surface area (Å²) in [5.74, 6) is 1.21. The average molecular weight is 664 g/mol. The van der Waals surface area contributed by atoms with Crippen molar-refractivity contribution >= 4 is 14.2 Å². The van der Waals surface area contributed by atoms with Gasteiger partial charge in [-0.1, -0.05) is 36.4 Å². The summed E-state index contributed by atoms with van der Waals surface area (Å²) in [7, 11) is 4.08. The average Bonchev–Trinajstić information content (AvgIpc) is 3.59. The number of ketones is 1. The molecule has 9 atom stereocenters. The summed E-state index contributed by atoms with van der Waals surface area (Å²) in [6.07, 6.45) is 7.59. The maximum Gasteiger partial charge on any atom is 1.00 e. The molecule has 4 bridgehead atoms. The van der Waals surface area contributed by atoms with E-state index < -0.39 is 40.3 Å². The van der Waals surface area contributed by atoms with E-state index in [0.29, 0.717) is 23.5 Å². The molecule has 48 heavy (non-hydrogen) atoms. The molecule has 12 heteroatoms. The number of likely N-dealkylation sites (tertiary alicyclic amines) is 2. The Balaban J connectivity index is 0.000000160. The molecule has 4 aliphatic carbocycles. The predicted octanol–water partition coefficient (Wildman–Crippen LogP) is -2.86. The molecule has 0 aromatic heterocycles. The Kier molecular flexibility index (Phi) is 8.06. The molecule has 8 aliphatic rings. The van der Waals surface area contributed by atoms with E-state index in [1.165, 1.54) is 11.6 Å². The monoisotopic (exact) mass is 663 g/mol. The first-order valence-electron chi connectivity index (χ1n) is 16.4. The van der Waals surface area contributed by atoms with Crippen LogP contribution in [-0.2, 0) is 41.7 Å². The van der Waals surface area contributed by atoms with E-state index in [9.17, 15) is 30.3 Å². The zero-order valence-electron chi connectivity index (χ0n) is 28.6. The van der Waals surface area contributed by atoms with Crippen LogP contribution in [0.15, 0.2) is 48.6 Å². The van der Waals surface area contributed by atoms with E-state index in [1.54, 1.807) is 18.2 Å². The predicted molar refractivity (Wildman–Crippen MR) is 172 cm³/mol. The van der Waals surface area contributed by atoms with Crippen molar-refractivity contribution in [3.8, 4) is 11.5 Å². The minimum absolute atomic E-state index is 0. The van der Waals surface area contributed by atoms with Crippen LogP contribution >= 0.6 is 0 Å². The van der Waals surface area contributed by atoms with Gasteiger partial charge in [-0.25, -0.2) is 0 Å². The standard InChI is InChI=1S/C18H21NO4.C18H19NO4.B.Na.H/c2*1-19-7-6-17-14-10-2-3-11(9-20)15(14)23-16(17)12(21)4-5-18(17,22)13(19)8-10;;;/h2-5,12-13,16,20-22H,6-9H2,1H3;2-5,13,16,20,22H,6-9H2,1H3;;;/q;;;+1;-1/t12?,13?,16?,17?,18-;13?,16?,17?,18-;;;/m11.../s1. The summed E-state index contributed by atoms with van der Waals surface area (Å²) in [6, 6.07) is 7.76. The van der Waals surface area contributed by atoms with Crippen LogP contribution in [0.5, 0.6) is 11.5 Å². The first-order chi connectivity index (χ1) is 22.1. The maximum atomic E-state index is 12.5. The van der Waals surface area contributed by atoms with Crippen molar-refractivity contribution < 1.29 is 70.8 Å². The minimum atomic E-state index is -1.11. The van der Waals surface area contributed by atoms with Crippen molar-refractivity contribution in [2.45, 2.75) is 91.3 Å². The molecule has 2 aromatic rings. The zero-order valence-corrected chi connectivity index (χ0v) is 29.6. The number of aliphatic hydroxyl groups excluding tert-OH is 3. The smallest absolute Gasteiger partial charge is 1.00 e. The molecule has 10 rings (SSSR count). The van der Waals surface area contributed by atoms with Crippen LogP contribution in [0.2, 0.25) is 0 Å². The normalized spacial score (nSPS) is 39.9. The number of piperidine rings is 2. The summed E-state index contributed by atoms with van der Waals surface area (Å²) in [5.41, 5.74) is 2.22. The van der Waals surface area contributed by atoms with E-state index in [-0.39, 0.29) is 70.5 Å². The van der Waals surface area contributed by atoms with E-state index in [4.69, 9.17) is 9.47 Å². The van der Waals surface area contributed by atoms with Gasteiger partial charge in [0.2, 0.25) is 0 Å². The molecule has 5 N–H and O–H groups in total. The largest absolute Gasteiger partial charge is 1.00 e. The molecular weight excluding hydrogens is 622 g/mol. The van der Waals surface area contributed by atoms with Gasteiger partial charge < -0.3 is 36.4 Å². The summed E-state index contributed by atoms with van der Waals surface area (Å²) in [5, 5.41) is 53.2. The number of ether oxygens (including phenoxy) is 2. The van der Waals surface area contributed by atoms with Gasteiger partial charge in [0.15, 0.2) is 11.9 Å². The van der Waals surface area contributed by atoms with Crippen LogP contribution in [0.25, 0.3) is 0 Å². The molecule has 7 unspecified atom stereocenters. The number of carbonyl (C=O) groups is 1. The first-order valence-corrected chi connectivity index (χ1v) is 16.4. The Labute approximate surface area is 305 Å². The van der Waals surface area contributed by atoms with Gasteiger partial charge in [0.05, 0.1) is 24.0 Å². The third-order valence-electron chi connectivity index (χ3n) is 13.0. The summed E-state index contributed by atoms with van der Waals surface area (Å²) < 4.78 is 12.2. The van der Waals surface area contributed by atoms with E-state index >= 15 is 0 Å². The summed E-state index contributed by atoms with van der Waals surface area (Å²) in [4.78, 5) is 16.9. The number of likely N-dealkylation sites (N-methyl/N-ethyl adjacent to an activating group) is 2. The summed E-state index contributed by atoms with van der Waals surface area (Å²) >= 11 is 0. The van der Waals surface area contributed by atoms with Gasteiger partial charge in [0, 0.05) is 42.8 Å². The van der Waals surface area contributed by atoms with Gasteiger partial charge >= 0.3 is 29.6 Å². The zero-order chi connectivity index (χ0) is 32.0. The van der Waals surface area contributed by atoms with E-state index in [2.05, 4.69) is 9.80 Å². The molecule has 4 aliphatic heterocycles. The number of aliphatic hydroxyl groups is 5. The Bertz CT molecular complexity index is 1780. The second-order valence-corrected chi connectivity index (χ2v) is 14.6. The molecule has 4 heterocycles. The number of hydrogen-bond acceptors (Lipinski definition) is 10. The Hall–Kier alpha value is -2.03. The van der Waals surface area contributed by atoms with Crippen LogP contribution in [0, 0.1) is 0 Å². The Morgan fingerprint density at radius 3 is 1.94 bits per heavy atom. The molecule has 2 spiro atoms. The van der Waals surface area contributed by atoms with Crippen LogP contribution in [0.1, 0.15) is 47.6 Å². The SMILES string of the molecule is CN1CCC23c4c5ccc(CO)c4OC2C(=O)C=C[C@@]3(O)C1C5.CN1CCC23c4c5ccc(CO)c4OC2C(O)C=C[C@@]3(O)C1C5.[B].[H-].[Na+]. The third-order valence-corrected chi connectivity index (χ3v) is 13.0. The fourth-order valence-corrected chi connectivity index (χ4v) is 10.8. The molecule has 2 fully saturated rings. The number of nitrogens with zero attached hydrogens (tertiary/aromatic N) is 2. The van der Waals surface area contributed by atoms with Crippen LogP contribution < -0.4 is 39.0 Å². The molecule has 10 nitrogen and oxygen atoms in total. The van der Waals surface area contributed by atoms with Gasteiger partial charge in [-0.05, 0) is 76.1 Å². The molecule has 2 saturated heterocycles. The minimum Gasteiger partial charge on any atom is -1.00 e. The number of benzene rings is 2. The number of carbonyl (C=O) groups excluding carboxylic acids is 1. The van der Waals surface area contributed by atoms with Crippen molar-refractivity contribution in [2.24, 2.45) is 0 Å². The third kappa shape index (κ3) is 3.81. The molecule has 3 radical (unpaired) electrons. The van der Waals surface area contributed by atoms with Crippen molar-refractivity contribution in [2.75, 3.05) is 27.2 Å². The fraction of sp³-hybridized carbons (Fsp3) is 0.528. The number of hydrogen-bond donors (Lipinski definition) is 5. The number of rotatable bonds is 2. The van der Waals surface area contributed by atoms with E-state index in [1.807, 2.05) is 38.4 Å². The second kappa shape index (κ2) is 11.2. The molecular formula is C36H41BN2NaO8. The van der Waals surface area contributed by atoms with E-state index in [0.717, 1.165) is 54.6 Å². The van der Waals surface area contributed by atoms with Crippen molar-refractivity contribution in [3.05, 3.63) is 82.0 Å².